The summed E-state index contributed by atoms with van der Waals surface area (Å²) in [6.45, 7) is 0.665. The zero-order chi connectivity index (χ0) is 14.5. The molecule has 0 unspecified atom stereocenters. The number of aliphatic carboxylic acids is 1. The number of nitrogens with zero attached hydrogens (tertiary/aromatic N) is 3. The van der Waals surface area contributed by atoms with Crippen LogP contribution in [0.2, 0.25) is 5.02 Å². The van der Waals surface area contributed by atoms with Crippen molar-refractivity contribution in [3.8, 4) is 0 Å². The summed E-state index contributed by atoms with van der Waals surface area (Å²) in [6, 6.07) is 7.62. The highest BCUT2D eigenvalue weighted by Crippen LogP contribution is 2.28. The largest absolute Gasteiger partial charge is 0.481 e. The van der Waals surface area contributed by atoms with Crippen LogP contribution in [-0.2, 0) is 11.3 Å². The quantitative estimate of drug-likeness (QED) is 0.822. The lowest BCUT2D eigenvalue weighted by Gasteiger charge is -2.14. The molecule has 1 N–H and O–H groups in total. The van der Waals surface area contributed by atoms with Crippen molar-refractivity contribution in [2.45, 2.75) is 10.9 Å². The molecule has 0 aliphatic rings. The first-order chi connectivity index (χ1) is 9.54. The minimum absolute atomic E-state index is 0.00730. The Morgan fingerprint density at radius 1 is 1.50 bits per heavy atom. The molecule has 8 heteroatoms. The molecular weight excluding hydrogens is 318 g/mol. The molecular formula is C12H12ClN3O2S2. The van der Waals surface area contributed by atoms with E-state index in [0.29, 0.717) is 15.9 Å². The predicted molar refractivity (Wildman–Crippen MR) is 81.8 cm³/mol. The van der Waals surface area contributed by atoms with Crippen LogP contribution < -0.4 is 4.90 Å². The Morgan fingerprint density at radius 2 is 2.30 bits per heavy atom. The van der Waals surface area contributed by atoms with Gasteiger partial charge >= 0.3 is 5.97 Å². The predicted octanol–water partition coefficient (Wildman–Crippen LogP) is 3.00. The van der Waals surface area contributed by atoms with Crippen molar-refractivity contribution in [3.63, 3.8) is 0 Å². The average molecular weight is 330 g/mol. The van der Waals surface area contributed by atoms with Gasteiger partial charge in [0, 0.05) is 18.6 Å². The SMILES string of the molecule is CN(Cc1cccc(Cl)c1)c1nnc(SCC(=O)O)s1. The summed E-state index contributed by atoms with van der Waals surface area (Å²) >= 11 is 8.50. The molecule has 2 aromatic rings. The Balaban J connectivity index is 1.98. The first kappa shape index (κ1) is 15.1. The van der Waals surface area contributed by atoms with Gasteiger partial charge in [-0.15, -0.1) is 10.2 Å². The lowest BCUT2D eigenvalue weighted by Crippen LogP contribution is -2.15. The molecule has 1 heterocycles. The maximum atomic E-state index is 10.5. The van der Waals surface area contributed by atoms with Crippen LogP contribution in [0.3, 0.4) is 0 Å². The molecule has 0 radical (unpaired) electrons. The molecule has 0 saturated carbocycles. The molecule has 0 atom stereocenters. The van der Waals surface area contributed by atoms with E-state index in [1.54, 1.807) is 0 Å². The standard InChI is InChI=1S/C12H12ClN3O2S2/c1-16(6-8-3-2-4-9(13)5-8)11-14-15-12(20-11)19-7-10(17)18/h2-5H,6-7H2,1H3,(H,17,18). The number of aromatic nitrogens is 2. The average Bonchev–Trinajstić information content (AvgIpc) is 2.85. The van der Waals surface area contributed by atoms with Crippen molar-refractivity contribution in [2.24, 2.45) is 0 Å². The summed E-state index contributed by atoms with van der Waals surface area (Å²) in [5, 5.41) is 18.1. The van der Waals surface area contributed by atoms with E-state index in [1.165, 1.54) is 23.1 Å². The number of carbonyl (C=O) groups is 1. The van der Waals surface area contributed by atoms with Crippen LogP contribution in [0.25, 0.3) is 0 Å². The zero-order valence-electron chi connectivity index (χ0n) is 10.6. The molecule has 0 amide bonds. The number of carboxylic acids is 1. The zero-order valence-corrected chi connectivity index (χ0v) is 13.0. The van der Waals surface area contributed by atoms with Crippen molar-refractivity contribution in [2.75, 3.05) is 17.7 Å². The van der Waals surface area contributed by atoms with Gasteiger partial charge in [0.05, 0.1) is 5.75 Å². The van der Waals surface area contributed by atoms with Crippen molar-refractivity contribution in [3.05, 3.63) is 34.9 Å². The van der Waals surface area contributed by atoms with E-state index in [0.717, 1.165) is 10.7 Å². The number of hydrogen-bond donors (Lipinski definition) is 1. The van der Waals surface area contributed by atoms with Gasteiger partial charge in [0.2, 0.25) is 5.13 Å². The Hall–Kier alpha value is -1.31. The van der Waals surface area contributed by atoms with E-state index >= 15 is 0 Å². The van der Waals surface area contributed by atoms with Crippen molar-refractivity contribution in [1.29, 1.82) is 0 Å². The number of halogens is 1. The van der Waals surface area contributed by atoms with E-state index in [4.69, 9.17) is 16.7 Å². The maximum Gasteiger partial charge on any atom is 0.313 e. The van der Waals surface area contributed by atoms with Gasteiger partial charge in [0.15, 0.2) is 4.34 Å². The lowest BCUT2D eigenvalue weighted by atomic mass is 10.2. The highest BCUT2D eigenvalue weighted by molar-refractivity contribution is 8.01. The molecule has 2 rings (SSSR count). The topological polar surface area (TPSA) is 66.3 Å². The molecule has 1 aromatic heterocycles. The van der Waals surface area contributed by atoms with Crippen LogP contribution in [0, 0.1) is 0 Å². The minimum Gasteiger partial charge on any atom is -0.481 e. The van der Waals surface area contributed by atoms with E-state index < -0.39 is 5.97 Å². The normalized spacial score (nSPS) is 10.5. The number of benzene rings is 1. The molecule has 0 bridgehead atoms. The summed E-state index contributed by atoms with van der Waals surface area (Å²) in [4.78, 5) is 12.5. The fourth-order valence-electron chi connectivity index (χ4n) is 1.52. The number of anilines is 1. The number of thioether (sulfide) groups is 1. The molecule has 1 aromatic carbocycles. The van der Waals surface area contributed by atoms with Gasteiger partial charge in [0.25, 0.3) is 0 Å². The molecule has 0 fully saturated rings. The van der Waals surface area contributed by atoms with E-state index in [1.807, 2.05) is 36.2 Å². The lowest BCUT2D eigenvalue weighted by molar-refractivity contribution is -0.133. The second kappa shape index (κ2) is 6.92. The van der Waals surface area contributed by atoms with Gasteiger partial charge in [-0.05, 0) is 17.7 Å². The molecule has 5 nitrogen and oxygen atoms in total. The highest BCUT2D eigenvalue weighted by Gasteiger charge is 2.11. The summed E-state index contributed by atoms with van der Waals surface area (Å²) in [7, 11) is 1.91. The minimum atomic E-state index is -0.862. The molecule has 0 spiro atoms. The summed E-state index contributed by atoms with van der Waals surface area (Å²) in [5.74, 6) is -0.869. The van der Waals surface area contributed by atoms with Gasteiger partial charge < -0.3 is 10.0 Å². The van der Waals surface area contributed by atoms with Crippen molar-refractivity contribution < 1.29 is 9.90 Å². The molecule has 0 aliphatic carbocycles. The number of rotatable bonds is 6. The monoisotopic (exact) mass is 329 g/mol. The van der Waals surface area contributed by atoms with E-state index in [9.17, 15) is 4.79 Å². The van der Waals surface area contributed by atoms with Crippen molar-refractivity contribution in [1.82, 2.24) is 10.2 Å². The van der Waals surface area contributed by atoms with Crippen molar-refractivity contribution >= 4 is 45.8 Å². The summed E-state index contributed by atoms with van der Waals surface area (Å²) in [6.07, 6.45) is 0. The van der Waals surface area contributed by atoms with Crippen LogP contribution in [-0.4, -0.2) is 34.1 Å². The third-order valence-electron chi connectivity index (χ3n) is 2.35. The fourth-order valence-corrected chi connectivity index (χ4v) is 3.25. The fraction of sp³-hybridized carbons (Fsp3) is 0.250. The Bertz CT molecular complexity index is 606. The second-order valence-corrected chi connectivity index (χ2v) is 6.63. The van der Waals surface area contributed by atoms with Crippen LogP contribution in [0.4, 0.5) is 5.13 Å². The van der Waals surface area contributed by atoms with Gasteiger partial charge in [-0.3, -0.25) is 4.79 Å². The van der Waals surface area contributed by atoms with E-state index in [-0.39, 0.29) is 5.75 Å². The Morgan fingerprint density at radius 3 is 3.00 bits per heavy atom. The van der Waals surface area contributed by atoms with Gasteiger partial charge in [0.1, 0.15) is 0 Å². The molecule has 0 aliphatic heterocycles. The number of carboxylic acid groups (broad SMARTS) is 1. The first-order valence-electron chi connectivity index (χ1n) is 5.68. The third-order valence-corrected chi connectivity index (χ3v) is 4.74. The summed E-state index contributed by atoms with van der Waals surface area (Å²) < 4.78 is 0.653. The molecule has 0 saturated heterocycles. The highest BCUT2D eigenvalue weighted by atomic mass is 35.5. The maximum absolute atomic E-state index is 10.5. The Kier molecular flexibility index (Phi) is 5.22. The van der Waals surface area contributed by atoms with Crippen LogP contribution in [0.1, 0.15) is 5.56 Å². The summed E-state index contributed by atoms with van der Waals surface area (Å²) in [5.41, 5.74) is 1.08. The van der Waals surface area contributed by atoms with Gasteiger partial charge in [-0.25, -0.2) is 0 Å². The Labute approximate surface area is 129 Å². The first-order valence-corrected chi connectivity index (χ1v) is 7.86. The second-order valence-electron chi connectivity index (χ2n) is 4.02. The molecule has 106 valence electrons. The molecule has 20 heavy (non-hydrogen) atoms. The van der Waals surface area contributed by atoms with Crippen LogP contribution in [0.5, 0.6) is 0 Å². The third kappa shape index (κ3) is 4.36. The van der Waals surface area contributed by atoms with Gasteiger partial charge in [-0.2, -0.15) is 0 Å². The van der Waals surface area contributed by atoms with E-state index in [2.05, 4.69) is 10.2 Å². The van der Waals surface area contributed by atoms with Crippen LogP contribution >= 0.6 is 34.7 Å². The van der Waals surface area contributed by atoms with Gasteiger partial charge in [-0.1, -0.05) is 46.8 Å². The smallest absolute Gasteiger partial charge is 0.313 e. The number of hydrogen-bond acceptors (Lipinski definition) is 6. The van der Waals surface area contributed by atoms with Crippen LogP contribution in [0.15, 0.2) is 28.6 Å².